The summed E-state index contributed by atoms with van der Waals surface area (Å²) in [7, 11) is 0. The summed E-state index contributed by atoms with van der Waals surface area (Å²) in [5.41, 5.74) is 1.57. The molecule has 2 aliphatic heterocycles. The summed E-state index contributed by atoms with van der Waals surface area (Å²) in [4.78, 5) is 43.0. The van der Waals surface area contributed by atoms with Crippen LogP contribution in [0.5, 0.6) is 0 Å². The fourth-order valence-corrected chi connectivity index (χ4v) is 3.65. The number of fused-ring (bicyclic) bond motifs is 1. The highest BCUT2D eigenvalue weighted by Gasteiger charge is 2.42. The van der Waals surface area contributed by atoms with Crippen LogP contribution in [-0.2, 0) is 4.79 Å². The van der Waals surface area contributed by atoms with Crippen LogP contribution in [0.15, 0.2) is 36.4 Å². The molecule has 8 nitrogen and oxygen atoms in total. The van der Waals surface area contributed by atoms with E-state index in [0.29, 0.717) is 37.3 Å². The van der Waals surface area contributed by atoms with Gasteiger partial charge in [0.2, 0.25) is 5.91 Å². The standard InChI is InChI=1S/C20H21N5O3/c1-13-7-8-17(22-21-13)23-9-11-24(12-10-23)18(26)14(2)25-19(27)15-5-3-4-6-16(15)20(25)28/h3-8,14H,9-12H2,1-2H3. The van der Waals surface area contributed by atoms with E-state index in [2.05, 4.69) is 15.1 Å². The minimum atomic E-state index is -0.835. The van der Waals surface area contributed by atoms with E-state index in [1.54, 1.807) is 36.1 Å². The Balaban J connectivity index is 1.42. The van der Waals surface area contributed by atoms with Gasteiger partial charge in [-0.1, -0.05) is 12.1 Å². The number of aryl methyl sites for hydroxylation is 1. The number of piperazine rings is 1. The summed E-state index contributed by atoms with van der Waals surface area (Å²) in [6.07, 6.45) is 0. The zero-order chi connectivity index (χ0) is 19.8. The Morgan fingerprint density at radius 3 is 2.07 bits per heavy atom. The van der Waals surface area contributed by atoms with Crippen molar-refractivity contribution in [2.75, 3.05) is 31.1 Å². The Morgan fingerprint density at radius 2 is 1.54 bits per heavy atom. The maximum Gasteiger partial charge on any atom is 0.262 e. The van der Waals surface area contributed by atoms with Gasteiger partial charge in [0.05, 0.1) is 16.8 Å². The monoisotopic (exact) mass is 379 g/mol. The fourth-order valence-electron chi connectivity index (χ4n) is 3.65. The molecule has 0 N–H and O–H groups in total. The zero-order valence-corrected chi connectivity index (χ0v) is 15.8. The molecule has 2 aliphatic rings. The quantitative estimate of drug-likeness (QED) is 0.743. The van der Waals surface area contributed by atoms with Gasteiger partial charge >= 0.3 is 0 Å². The molecule has 1 fully saturated rings. The third kappa shape index (κ3) is 3.00. The van der Waals surface area contributed by atoms with E-state index in [1.807, 2.05) is 19.1 Å². The molecule has 8 heteroatoms. The van der Waals surface area contributed by atoms with Crippen molar-refractivity contribution in [2.45, 2.75) is 19.9 Å². The van der Waals surface area contributed by atoms with E-state index in [0.717, 1.165) is 16.4 Å². The van der Waals surface area contributed by atoms with Crippen LogP contribution >= 0.6 is 0 Å². The molecule has 1 aromatic heterocycles. The van der Waals surface area contributed by atoms with Crippen molar-refractivity contribution in [2.24, 2.45) is 0 Å². The average Bonchev–Trinajstić information content (AvgIpc) is 2.98. The number of carbonyl (C=O) groups excluding carboxylic acids is 3. The summed E-state index contributed by atoms with van der Waals surface area (Å²) < 4.78 is 0. The van der Waals surface area contributed by atoms with Gasteiger partial charge in [-0.3, -0.25) is 19.3 Å². The summed E-state index contributed by atoms with van der Waals surface area (Å²) >= 11 is 0. The van der Waals surface area contributed by atoms with Crippen molar-refractivity contribution in [1.82, 2.24) is 20.0 Å². The van der Waals surface area contributed by atoms with Gasteiger partial charge < -0.3 is 9.80 Å². The maximum absolute atomic E-state index is 12.9. The SMILES string of the molecule is Cc1ccc(N2CCN(C(=O)C(C)N3C(=O)c4ccccc4C3=O)CC2)nn1. The second-order valence-corrected chi connectivity index (χ2v) is 7.05. The maximum atomic E-state index is 12.9. The zero-order valence-electron chi connectivity index (χ0n) is 15.8. The van der Waals surface area contributed by atoms with Gasteiger partial charge in [-0.25, -0.2) is 0 Å². The van der Waals surface area contributed by atoms with Crippen LogP contribution in [0, 0.1) is 6.92 Å². The predicted octanol–water partition coefficient (Wildman–Crippen LogP) is 1.12. The highest BCUT2D eigenvalue weighted by atomic mass is 16.2. The van der Waals surface area contributed by atoms with Gasteiger partial charge in [-0.2, -0.15) is 5.10 Å². The molecule has 28 heavy (non-hydrogen) atoms. The average molecular weight is 379 g/mol. The summed E-state index contributed by atoms with van der Waals surface area (Å²) in [6, 6.07) is 9.66. The number of benzene rings is 1. The first-order valence-corrected chi connectivity index (χ1v) is 9.28. The van der Waals surface area contributed by atoms with Gasteiger partial charge in [0.25, 0.3) is 11.8 Å². The Kier molecular flexibility index (Phi) is 4.54. The van der Waals surface area contributed by atoms with Crippen LogP contribution in [0.1, 0.15) is 33.3 Å². The minimum absolute atomic E-state index is 0.218. The van der Waals surface area contributed by atoms with Crippen molar-refractivity contribution < 1.29 is 14.4 Å². The number of hydrogen-bond acceptors (Lipinski definition) is 6. The molecule has 1 aromatic carbocycles. The lowest BCUT2D eigenvalue weighted by Gasteiger charge is -2.37. The Morgan fingerprint density at radius 1 is 0.929 bits per heavy atom. The summed E-state index contributed by atoms with van der Waals surface area (Å²) in [5, 5.41) is 8.26. The van der Waals surface area contributed by atoms with Crippen molar-refractivity contribution in [1.29, 1.82) is 0 Å². The number of hydrogen-bond donors (Lipinski definition) is 0. The molecular weight excluding hydrogens is 358 g/mol. The molecule has 4 rings (SSSR count). The predicted molar refractivity (Wildman–Crippen MR) is 102 cm³/mol. The molecule has 144 valence electrons. The first-order chi connectivity index (χ1) is 13.5. The second kappa shape index (κ2) is 7.03. The minimum Gasteiger partial charge on any atom is -0.352 e. The third-order valence-electron chi connectivity index (χ3n) is 5.27. The first kappa shape index (κ1) is 18.1. The van der Waals surface area contributed by atoms with Crippen LogP contribution in [0.25, 0.3) is 0 Å². The van der Waals surface area contributed by atoms with Crippen molar-refractivity contribution in [3.63, 3.8) is 0 Å². The van der Waals surface area contributed by atoms with Crippen LogP contribution in [0.3, 0.4) is 0 Å². The molecule has 3 amide bonds. The number of anilines is 1. The first-order valence-electron chi connectivity index (χ1n) is 9.28. The molecular formula is C20H21N5O3. The van der Waals surface area contributed by atoms with Crippen molar-refractivity contribution in [3.05, 3.63) is 53.2 Å². The number of rotatable bonds is 3. The lowest BCUT2D eigenvalue weighted by molar-refractivity contribution is -0.135. The highest BCUT2D eigenvalue weighted by Crippen LogP contribution is 2.25. The van der Waals surface area contributed by atoms with Crippen LogP contribution in [0.2, 0.25) is 0 Å². The summed E-state index contributed by atoms with van der Waals surface area (Å²) in [6.45, 7) is 5.75. The van der Waals surface area contributed by atoms with Crippen molar-refractivity contribution >= 4 is 23.5 Å². The molecule has 1 saturated heterocycles. The van der Waals surface area contributed by atoms with E-state index in [9.17, 15) is 14.4 Å². The lowest BCUT2D eigenvalue weighted by Crippen LogP contribution is -2.55. The number of amides is 3. The largest absolute Gasteiger partial charge is 0.352 e. The van der Waals surface area contributed by atoms with E-state index in [1.165, 1.54) is 0 Å². The fraction of sp³-hybridized carbons (Fsp3) is 0.350. The highest BCUT2D eigenvalue weighted by molar-refractivity contribution is 6.22. The number of imide groups is 1. The van der Waals surface area contributed by atoms with Crippen LogP contribution < -0.4 is 4.90 Å². The van der Waals surface area contributed by atoms with Gasteiger partial charge in [-0.05, 0) is 38.1 Å². The second-order valence-electron chi connectivity index (χ2n) is 7.05. The topological polar surface area (TPSA) is 86.7 Å². The molecule has 0 bridgehead atoms. The number of aromatic nitrogens is 2. The smallest absolute Gasteiger partial charge is 0.262 e. The molecule has 1 atom stereocenters. The van der Waals surface area contributed by atoms with E-state index in [-0.39, 0.29) is 5.91 Å². The molecule has 0 saturated carbocycles. The molecule has 1 unspecified atom stereocenters. The van der Waals surface area contributed by atoms with Crippen molar-refractivity contribution in [3.8, 4) is 0 Å². The molecule has 3 heterocycles. The molecule has 2 aromatic rings. The number of nitrogens with zero attached hydrogens (tertiary/aromatic N) is 5. The Hall–Kier alpha value is -3.29. The van der Waals surface area contributed by atoms with Gasteiger partial charge in [0.15, 0.2) is 5.82 Å². The van der Waals surface area contributed by atoms with Gasteiger partial charge in [0, 0.05) is 26.2 Å². The van der Waals surface area contributed by atoms with Crippen LogP contribution in [0.4, 0.5) is 5.82 Å². The van der Waals surface area contributed by atoms with Crippen LogP contribution in [-0.4, -0.2) is 69.9 Å². The molecule has 0 spiro atoms. The van der Waals surface area contributed by atoms with E-state index < -0.39 is 17.9 Å². The lowest BCUT2D eigenvalue weighted by atomic mass is 10.1. The summed E-state index contributed by atoms with van der Waals surface area (Å²) in [5.74, 6) is -0.250. The Labute approximate surface area is 162 Å². The number of carbonyl (C=O) groups is 3. The normalized spacial score (nSPS) is 17.7. The third-order valence-corrected chi connectivity index (χ3v) is 5.27. The Bertz CT molecular complexity index is 900. The van der Waals surface area contributed by atoms with E-state index >= 15 is 0 Å². The van der Waals surface area contributed by atoms with Gasteiger partial charge in [-0.15, -0.1) is 5.10 Å². The van der Waals surface area contributed by atoms with Gasteiger partial charge in [0.1, 0.15) is 6.04 Å². The molecule has 0 radical (unpaired) electrons. The molecule has 0 aliphatic carbocycles. The van der Waals surface area contributed by atoms with E-state index in [4.69, 9.17) is 0 Å².